The monoisotopic (exact) mass is 263 g/mol. The highest BCUT2D eigenvalue weighted by molar-refractivity contribution is 4.96. The molecule has 1 unspecified atom stereocenters. The van der Waals surface area contributed by atoms with E-state index in [9.17, 15) is 0 Å². The van der Waals surface area contributed by atoms with Gasteiger partial charge in [-0.15, -0.1) is 0 Å². The number of fused-ring (bicyclic) bond motifs is 1. The second-order valence-electron chi connectivity index (χ2n) is 7.29. The van der Waals surface area contributed by atoms with Crippen molar-refractivity contribution in [2.45, 2.75) is 50.6 Å². The molecule has 0 spiro atoms. The lowest BCUT2D eigenvalue weighted by molar-refractivity contribution is 0.104. The van der Waals surface area contributed by atoms with Crippen molar-refractivity contribution in [2.75, 3.05) is 39.3 Å². The van der Waals surface area contributed by atoms with Crippen molar-refractivity contribution < 1.29 is 0 Å². The molecule has 2 saturated heterocycles. The Morgan fingerprint density at radius 2 is 1.74 bits per heavy atom. The van der Waals surface area contributed by atoms with Crippen LogP contribution in [0.3, 0.4) is 0 Å². The molecule has 2 aliphatic carbocycles. The van der Waals surface area contributed by atoms with Gasteiger partial charge in [-0.05, 0) is 56.9 Å². The summed E-state index contributed by atoms with van der Waals surface area (Å²) in [6.45, 7) is 7.82. The Morgan fingerprint density at radius 3 is 2.47 bits per heavy atom. The predicted molar refractivity (Wildman–Crippen MR) is 78.3 cm³/mol. The summed E-state index contributed by atoms with van der Waals surface area (Å²) < 4.78 is 0. The zero-order chi connectivity index (χ0) is 12.7. The lowest BCUT2D eigenvalue weighted by atomic mass is 10.1. The predicted octanol–water partition coefficient (Wildman–Crippen LogP) is 1.54. The second kappa shape index (κ2) is 5.34. The van der Waals surface area contributed by atoms with Gasteiger partial charge in [0.2, 0.25) is 0 Å². The lowest BCUT2D eigenvalue weighted by Crippen LogP contribution is -2.52. The van der Waals surface area contributed by atoms with Crippen LogP contribution in [-0.2, 0) is 0 Å². The number of hydrogen-bond donors (Lipinski definition) is 1. The molecule has 1 N–H and O–H groups in total. The number of nitrogens with zero attached hydrogens (tertiary/aromatic N) is 2. The first kappa shape index (κ1) is 12.6. The molecule has 3 nitrogen and oxygen atoms in total. The van der Waals surface area contributed by atoms with Crippen molar-refractivity contribution in [3.05, 3.63) is 0 Å². The van der Waals surface area contributed by atoms with Crippen LogP contribution in [-0.4, -0.2) is 61.2 Å². The van der Waals surface area contributed by atoms with Crippen molar-refractivity contribution in [3.63, 3.8) is 0 Å². The molecular formula is C16H29N3. The lowest BCUT2D eigenvalue weighted by Gasteiger charge is -2.37. The van der Waals surface area contributed by atoms with Gasteiger partial charge in [-0.1, -0.05) is 0 Å². The molecule has 0 bridgehead atoms. The van der Waals surface area contributed by atoms with E-state index in [0.717, 1.165) is 23.9 Å². The largest absolute Gasteiger partial charge is 0.312 e. The molecule has 19 heavy (non-hydrogen) atoms. The Kier molecular flexibility index (Phi) is 3.55. The van der Waals surface area contributed by atoms with Gasteiger partial charge >= 0.3 is 0 Å². The van der Waals surface area contributed by atoms with Gasteiger partial charge in [0.1, 0.15) is 0 Å². The standard InChI is InChI=1S/C16H29N3/c1-2-15-12-18(10-11-19(15)8-1)9-7-17-16(13-3-4-13)14-5-6-14/h13-17H,1-12H2. The molecule has 2 aliphatic heterocycles. The van der Waals surface area contributed by atoms with Crippen LogP contribution in [0.4, 0.5) is 0 Å². The van der Waals surface area contributed by atoms with E-state index in [2.05, 4.69) is 15.1 Å². The van der Waals surface area contributed by atoms with Crippen LogP contribution in [0.1, 0.15) is 38.5 Å². The minimum atomic E-state index is 0.882. The van der Waals surface area contributed by atoms with E-state index in [0.29, 0.717) is 0 Å². The summed E-state index contributed by atoms with van der Waals surface area (Å²) in [5.41, 5.74) is 0. The Bertz CT molecular complexity index is 299. The molecule has 4 rings (SSSR count). The fraction of sp³-hybridized carbons (Fsp3) is 1.00. The van der Waals surface area contributed by atoms with Crippen LogP contribution in [0.5, 0.6) is 0 Å². The molecular weight excluding hydrogens is 234 g/mol. The summed E-state index contributed by atoms with van der Waals surface area (Å²) in [4.78, 5) is 5.41. The van der Waals surface area contributed by atoms with Gasteiger partial charge < -0.3 is 5.32 Å². The highest BCUT2D eigenvalue weighted by atomic mass is 15.3. The molecule has 0 aromatic carbocycles. The second-order valence-corrected chi connectivity index (χ2v) is 7.29. The summed E-state index contributed by atoms with van der Waals surface area (Å²) in [5, 5.41) is 3.90. The maximum atomic E-state index is 3.90. The molecule has 4 aliphatic rings. The molecule has 0 radical (unpaired) electrons. The van der Waals surface area contributed by atoms with Gasteiger partial charge in [0.05, 0.1) is 0 Å². The van der Waals surface area contributed by atoms with E-state index in [1.54, 1.807) is 0 Å². The van der Waals surface area contributed by atoms with E-state index in [1.807, 2.05) is 0 Å². The number of nitrogens with one attached hydrogen (secondary N) is 1. The van der Waals surface area contributed by atoms with Crippen molar-refractivity contribution in [2.24, 2.45) is 11.8 Å². The molecule has 1 atom stereocenters. The minimum absolute atomic E-state index is 0.882. The smallest absolute Gasteiger partial charge is 0.0224 e. The van der Waals surface area contributed by atoms with E-state index < -0.39 is 0 Å². The fourth-order valence-electron chi connectivity index (χ4n) is 4.28. The Labute approximate surface area is 117 Å². The quantitative estimate of drug-likeness (QED) is 0.784. The molecule has 4 fully saturated rings. The average molecular weight is 263 g/mol. The van der Waals surface area contributed by atoms with Gasteiger partial charge in [0.25, 0.3) is 0 Å². The van der Waals surface area contributed by atoms with Crippen LogP contribution in [0, 0.1) is 11.8 Å². The first-order valence-corrected chi connectivity index (χ1v) is 8.60. The number of piperazine rings is 1. The maximum Gasteiger partial charge on any atom is 0.0224 e. The van der Waals surface area contributed by atoms with Crippen molar-refractivity contribution in [3.8, 4) is 0 Å². The highest BCUT2D eigenvalue weighted by Gasteiger charge is 2.41. The molecule has 2 heterocycles. The number of rotatable bonds is 6. The van der Waals surface area contributed by atoms with Gasteiger partial charge in [0, 0.05) is 44.8 Å². The van der Waals surface area contributed by atoms with E-state index in [-0.39, 0.29) is 0 Å². The SMILES string of the molecule is C1CC2CN(CCNC(C3CC3)C3CC3)CCN2C1. The highest BCUT2D eigenvalue weighted by Crippen LogP contribution is 2.44. The van der Waals surface area contributed by atoms with E-state index >= 15 is 0 Å². The summed E-state index contributed by atoms with van der Waals surface area (Å²) in [6.07, 6.45) is 8.85. The zero-order valence-corrected chi connectivity index (χ0v) is 12.2. The molecule has 0 aromatic heterocycles. The molecule has 2 saturated carbocycles. The van der Waals surface area contributed by atoms with Crippen LogP contribution in [0.25, 0.3) is 0 Å². The van der Waals surface area contributed by atoms with Gasteiger partial charge in [0.15, 0.2) is 0 Å². The summed E-state index contributed by atoms with van der Waals surface area (Å²) in [7, 11) is 0. The van der Waals surface area contributed by atoms with E-state index in [1.165, 1.54) is 77.8 Å². The van der Waals surface area contributed by atoms with Gasteiger partial charge in [-0.2, -0.15) is 0 Å². The third-order valence-electron chi connectivity index (χ3n) is 5.74. The van der Waals surface area contributed by atoms with Crippen molar-refractivity contribution >= 4 is 0 Å². The zero-order valence-electron chi connectivity index (χ0n) is 12.2. The van der Waals surface area contributed by atoms with Gasteiger partial charge in [-0.25, -0.2) is 0 Å². The first-order valence-electron chi connectivity index (χ1n) is 8.60. The fourth-order valence-corrected chi connectivity index (χ4v) is 4.28. The number of hydrogen-bond acceptors (Lipinski definition) is 3. The van der Waals surface area contributed by atoms with Crippen molar-refractivity contribution in [1.82, 2.24) is 15.1 Å². The molecule has 108 valence electrons. The Hall–Kier alpha value is -0.120. The first-order chi connectivity index (χ1) is 9.40. The van der Waals surface area contributed by atoms with E-state index in [4.69, 9.17) is 0 Å². The third kappa shape index (κ3) is 2.98. The molecule has 3 heteroatoms. The Balaban J connectivity index is 1.20. The third-order valence-corrected chi connectivity index (χ3v) is 5.74. The summed E-state index contributed by atoms with van der Waals surface area (Å²) >= 11 is 0. The normalized spacial score (nSPS) is 33.0. The van der Waals surface area contributed by atoms with Crippen LogP contribution in [0.2, 0.25) is 0 Å². The van der Waals surface area contributed by atoms with Gasteiger partial charge in [-0.3, -0.25) is 9.80 Å². The summed E-state index contributed by atoms with van der Waals surface area (Å²) in [5.74, 6) is 2.08. The van der Waals surface area contributed by atoms with Crippen LogP contribution < -0.4 is 5.32 Å². The van der Waals surface area contributed by atoms with Crippen molar-refractivity contribution in [1.29, 1.82) is 0 Å². The topological polar surface area (TPSA) is 18.5 Å². The van der Waals surface area contributed by atoms with Crippen LogP contribution in [0.15, 0.2) is 0 Å². The van der Waals surface area contributed by atoms with Crippen LogP contribution >= 0.6 is 0 Å². The summed E-state index contributed by atoms with van der Waals surface area (Å²) in [6, 6.07) is 1.77. The minimum Gasteiger partial charge on any atom is -0.312 e. The maximum absolute atomic E-state index is 3.90. The molecule has 0 aromatic rings. The average Bonchev–Trinajstić information content (AvgIpc) is 3.33. The Morgan fingerprint density at radius 1 is 0.947 bits per heavy atom. The molecule has 0 amide bonds.